The van der Waals surface area contributed by atoms with Crippen LogP contribution in [0.4, 0.5) is 4.79 Å². The summed E-state index contributed by atoms with van der Waals surface area (Å²) in [5.41, 5.74) is 0.681. The Morgan fingerprint density at radius 1 is 1.60 bits per heavy atom. The van der Waals surface area contributed by atoms with E-state index in [1.807, 2.05) is 6.92 Å². The van der Waals surface area contributed by atoms with E-state index in [0.717, 1.165) is 6.42 Å². The maximum absolute atomic E-state index is 12.2. The molecule has 2 heterocycles. The van der Waals surface area contributed by atoms with Crippen molar-refractivity contribution in [1.82, 2.24) is 20.2 Å². The van der Waals surface area contributed by atoms with Gasteiger partial charge in [-0.3, -0.25) is 0 Å². The Kier molecular flexibility index (Phi) is 4.26. The van der Waals surface area contributed by atoms with Crippen molar-refractivity contribution in [3.63, 3.8) is 0 Å². The molecule has 0 saturated carbocycles. The van der Waals surface area contributed by atoms with Gasteiger partial charge in [-0.25, -0.2) is 14.6 Å². The number of aliphatic carboxylic acids is 1. The predicted octanol–water partition coefficient (Wildman–Crippen LogP) is 0.845. The van der Waals surface area contributed by atoms with Crippen molar-refractivity contribution in [2.45, 2.75) is 38.8 Å². The number of carbonyl (C=O) groups excluding carboxylic acids is 1. The van der Waals surface area contributed by atoms with E-state index >= 15 is 0 Å². The largest absolute Gasteiger partial charge is 0.480 e. The van der Waals surface area contributed by atoms with Gasteiger partial charge in [0.1, 0.15) is 6.04 Å². The van der Waals surface area contributed by atoms with Crippen LogP contribution in [0.1, 0.15) is 26.0 Å². The van der Waals surface area contributed by atoms with Crippen LogP contribution < -0.4 is 5.32 Å². The number of hydrogen-bond acceptors (Lipinski definition) is 3. The minimum Gasteiger partial charge on any atom is -0.480 e. The molecule has 3 N–H and O–H groups in total. The summed E-state index contributed by atoms with van der Waals surface area (Å²) in [7, 11) is 0. The lowest BCUT2D eigenvalue weighted by molar-refractivity contribution is -0.139. The van der Waals surface area contributed by atoms with Crippen LogP contribution in [0.15, 0.2) is 12.5 Å². The molecule has 3 atom stereocenters. The van der Waals surface area contributed by atoms with E-state index in [4.69, 9.17) is 0 Å². The third-order valence-electron chi connectivity index (χ3n) is 3.62. The Bertz CT molecular complexity index is 474. The molecular formula is C13H20N4O3. The summed E-state index contributed by atoms with van der Waals surface area (Å²) in [5.74, 6) is -0.598. The summed E-state index contributed by atoms with van der Waals surface area (Å²) in [6, 6.07) is -1.12. The number of nitrogens with zero attached hydrogens (tertiary/aromatic N) is 2. The second kappa shape index (κ2) is 5.94. The van der Waals surface area contributed by atoms with Gasteiger partial charge in [0.25, 0.3) is 0 Å². The molecule has 1 aromatic rings. The highest BCUT2D eigenvalue weighted by molar-refractivity contribution is 5.83. The first kappa shape index (κ1) is 14.4. The molecule has 7 nitrogen and oxygen atoms in total. The van der Waals surface area contributed by atoms with Gasteiger partial charge in [0.2, 0.25) is 0 Å². The van der Waals surface area contributed by atoms with Gasteiger partial charge in [0.05, 0.1) is 6.33 Å². The molecule has 7 heteroatoms. The van der Waals surface area contributed by atoms with Crippen molar-refractivity contribution in [2.75, 3.05) is 6.54 Å². The lowest BCUT2D eigenvalue weighted by atomic mass is 10.1. The van der Waals surface area contributed by atoms with Gasteiger partial charge in [-0.15, -0.1) is 0 Å². The van der Waals surface area contributed by atoms with E-state index in [1.54, 1.807) is 11.1 Å². The van der Waals surface area contributed by atoms with Gasteiger partial charge in [0, 0.05) is 30.9 Å². The van der Waals surface area contributed by atoms with E-state index in [-0.39, 0.29) is 18.5 Å². The zero-order chi connectivity index (χ0) is 14.7. The number of H-pyrrole nitrogens is 1. The van der Waals surface area contributed by atoms with Crippen LogP contribution >= 0.6 is 0 Å². The molecule has 1 aliphatic heterocycles. The van der Waals surface area contributed by atoms with Crippen molar-refractivity contribution in [3.05, 3.63) is 18.2 Å². The first-order valence-corrected chi connectivity index (χ1v) is 6.74. The van der Waals surface area contributed by atoms with Crippen LogP contribution in [0, 0.1) is 5.92 Å². The van der Waals surface area contributed by atoms with Crippen LogP contribution in [0.5, 0.6) is 0 Å². The first-order chi connectivity index (χ1) is 9.47. The quantitative estimate of drug-likeness (QED) is 0.761. The molecule has 1 aromatic heterocycles. The number of aromatic nitrogens is 2. The number of carbonyl (C=O) groups is 2. The molecule has 0 aromatic carbocycles. The molecular weight excluding hydrogens is 260 g/mol. The molecule has 110 valence electrons. The van der Waals surface area contributed by atoms with Gasteiger partial charge in [-0.1, -0.05) is 6.92 Å². The van der Waals surface area contributed by atoms with Crippen molar-refractivity contribution < 1.29 is 14.7 Å². The molecule has 3 unspecified atom stereocenters. The monoisotopic (exact) mass is 280 g/mol. The average Bonchev–Trinajstić information content (AvgIpc) is 2.97. The number of aromatic amines is 1. The van der Waals surface area contributed by atoms with Crippen molar-refractivity contribution in [3.8, 4) is 0 Å². The number of imidazole rings is 1. The van der Waals surface area contributed by atoms with Crippen molar-refractivity contribution >= 4 is 12.0 Å². The van der Waals surface area contributed by atoms with Crippen LogP contribution in [0.2, 0.25) is 0 Å². The van der Waals surface area contributed by atoms with E-state index in [2.05, 4.69) is 22.2 Å². The highest BCUT2D eigenvalue weighted by Crippen LogP contribution is 2.22. The van der Waals surface area contributed by atoms with Crippen LogP contribution in [0.25, 0.3) is 0 Å². The lowest BCUT2D eigenvalue weighted by Gasteiger charge is -2.24. The fourth-order valence-corrected chi connectivity index (χ4v) is 2.63. The minimum absolute atomic E-state index is 0.145. The third kappa shape index (κ3) is 3.28. The molecule has 2 amide bonds. The summed E-state index contributed by atoms with van der Waals surface area (Å²) >= 11 is 0. The van der Waals surface area contributed by atoms with Crippen LogP contribution in [-0.2, 0) is 11.2 Å². The number of likely N-dealkylation sites (tertiary alicyclic amines) is 1. The van der Waals surface area contributed by atoms with E-state index < -0.39 is 12.0 Å². The summed E-state index contributed by atoms with van der Waals surface area (Å²) < 4.78 is 0. The van der Waals surface area contributed by atoms with Crippen molar-refractivity contribution in [2.24, 2.45) is 5.92 Å². The standard InChI is InChI=1S/C13H20N4O3/c1-8-3-9(2)17(6-8)13(20)16-11(12(18)19)4-10-5-14-7-15-10/h5,7-9,11H,3-4,6H2,1-2H3,(H,14,15)(H,16,20)(H,18,19). The highest BCUT2D eigenvalue weighted by Gasteiger charge is 2.32. The summed E-state index contributed by atoms with van der Waals surface area (Å²) in [5, 5.41) is 11.8. The lowest BCUT2D eigenvalue weighted by Crippen LogP contribution is -2.49. The number of carboxylic acids is 1. The normalized spacial score (nSPS) is 23.6. The average molecular weight is 280 g/mol. The Morgan fingerprint density at radius 2 is 2.35 bits per heavy atom. The molecule has 2 rings (SSSR count). The van der Waals surface area contributed by atoms with Crippen LogP contribution in [0.3, 0.4) is 0 Å². The Labute approximate surface area is 117 Å². The summed E-state index contributed by atoms with van der Waals surface area (Å²) in [6.45, 7) is 4.74. The smallest absolute Gasteiger partial charge is 0.326 e. The Morgan fingerprint density at radius 3 is 2.85 bits per heavy atom. The van der Waals surface area contributed by atoms with Crippen molar-refractivity contribution in [1.29, 1.82) is 0 Å². The summed E-state index contributed by atoms with van der Waals surface area (Å²) in [4.78, 5) is 31.8. The number of urea groups is 1. The zero-order valence-electron chi connectivity index (χ0n) is 11.7. The fraction of sp³-hybridized carbons (Fsp3) is 0.615. The first-order valence-electron chi connectivity index (χ1n) is 6.74. The maximum Gasteiger partial charge on any atom is 0.326 e. The van der Waals surface area contributed by atoms with Gasteiger partial charge < -0.3 is 20.3 Å². The topological polar surface area (TPSA) is 98.3 Å². The molecule has 0 bridgehead atoms. The van der Waals surface area contributed by atoms with Crippen LogP contribution in [-0.4, -0.2) is 50.6 Å². The second-order valence-corrected chi connectivity index (χ2v) is 5.46. The Balaban J connectivity index is 1.97. The molecule has 0 radical (unpaired) electrons. The number of amides is 2. The van der Waals surface area contributed by atoms with Gasteiger partial charge in [0.15, 0.2) is 0 Å². The molecule has 0 aliphatic carbocycles. The summed E-state index contributed by atoms with van der Waals surface area (Å²) in [6.07, 6.45) is 4.19. The Hall–Kier alpha value is -2.05. The molecule has 20 heavy (non-hydrogen) atoms. The van der Waals surface area contributed by atoms with E-state index in [9.17, 15) is 14.7 Å². The van der Waals surface area contributed by atoms with Gasteiger partial charge in [-0.05, 0) is 19.3 Å². The fourth-order valence-electron chi connectivity index (χ4n) is 2.63. The molecule has 1 aliphatic rings. The number of carboxylic acid groups (broad SMARTS) is 1. The minimum atomic E-state index is -1.05. The molecule has 0 spiro atoms. The van der Waals surface area contributed by atoms with Gasteiger partial charge >= 0.3 is 12.0 Å². The number of nitrogens with one attached hydrogen (secondary N) is 2. The maximum atomic E-state index is 12.2. The van der Waals surface area contributed by atoms with E-state index in [0.29, 0.717) is 18.2 Å². The zero-order valence-corrected chi connectivity index (χ0v) is 11.7. The highest BCUT2D eigenvalue weighted by atomic mass is 16.4. The predicted molar refractivity (Wildman–Crippen MR) is 72.2 cm³/mol. The number of rotatable bonds is 4. The molecule has 1 fully saturated rings. The molecule has 1 saturated heterocycles. The second-order valence-electron chi connectivity index (χ2n) is 5.46. The third-order valence-corrected chi connectivity index (χ3v) is 3.62. The van der Waals surface area contributed by atoms with Gasteiger partial charge in [-0.2, -0.15) is 0 Å². The number of hydrogen-bond donors (Lipinski definition) is 3. The SMILES string of the molecule is CC1CC(C)N(C(=O)NC(Cc2cnc[nH]2)C(=O)O)C1. The van der Waals surface area contributed by atoms with E-state index in [1.165, 1.54) is 6.33 Å².